The molecule has 0 radical (unpaired) electrons. The monoisotopic (exact) mass is 301 g/mol. The number of anilines is 1. The minimum Gasteiger partial charge on any atom is -0.355 e. The van der Waals surface area contributed by atoms with Crippen LogP contribution in [0.5, 0.6) is 0 Å². The number of nitrogens with zero attached hydrogens (tertiary/aromatic N) is 3. The van der Waals surface area contributed by atoms with Gasteiger partial charge in [0.05, 0.1) is 0 Å². The lowest BCUT2D eigenvalue weighted by Gasteiger charge is -2.26. The van der Waals surface area contributed by atoms with Crippen LogP contribution in [0.15, 0.2) is 41.7 Å². The first-order valence-corrected chi connectivity index (χ1v) is 8.38. The average molecular weight is 301 g/mol. The molecule has 2 aromatic rings. The second-order valence-electron chi connectivity index (χ2n) is 5.10. The van der Waals surface area contributed by atoms with Gasteiger partial charge in [0.25, 0.3) is 0 Å². The Balaban J connectivity index is 2.09. The number of hydrogen-bond donors (Lipinski definition) is 0. The molecule has 108 valence electrons. The summed E-state index contributed by atoms with van der Waals surface area (Å²) < 4.78 is 23.1. The average Bonchev–Trinajstić information content (AvgIpc) is 2.47. The Morgan fingerprint density at radius 3 is 2.57 bits per heavy atom. The van der Waals surface area contributed by atoms with E-state index in [9.17, 15) is 8.42 Å². The van der Waals surface area contributed by atoms with E-state index in [-0.39, 0.29) is 5.16 Å². The molecule has 0 N–H and O–H groups in total. The van der Waals surface area contributed by atoms with Crippen LogP contribution >= 0.6 is 0 Å². The van der Waals surface area contributed by atoms with Gasteiger partial charge in [0.2, 0.25) is 15.0 Å². The van der Waals surface area contributed by atoms with Crippen molar-refractivity contribution >= 4 is 27.3 Å². The predicted octanol–water partition coefficient (Wildman–Crippen LogP) is 1.87. The zero-order chi connectivity index (χ0) is 15.0. The Kier molecular flexibility index (Phi) is 3.25. The molecule has 1 aliphatic heterocycles. The summed E-state index contributed by atoms with van der Waals surface area (Å²) in [5.74, 6) is 0.644. The molecule has 0 saturated heterocycles. The summed E-state index contributed by atoms with van der Waals surface area (Å²) in [7, 11) is -1.50. The lowest BCUT2D eigenvalue weighted by Crippen LogP contribution is -2.25. The van der Waals surface area contributed by atoms with Crippen molar-refractivity contribution in [1.82, 2.24) is 9.97 Å². The van der Waals surface area contributed by atoms with Gasteiger partial charge in [-0.25, -0.2) is 18.4 Å². The second kappa shape index (κ2) is 4.96. The molecule has 0 unspecified atom stereocenters. The Morgan fingerprint density at radius 1 is 1.19 bits per heavy atom. The number of hydrogen-bond acceptors (Lipinski definition) is 5. The molecule has 1 aliphatic rings. The number of fused-ring (bicyclic) bond motifs is 1. The lowest BCUT2D eigenvalue weighted by molar-refractivity contribution is 0.592. The molecule has 3 rings (SSSR count). The molecule has 0 saturated carbocycles. The lowest BCUT2D eigenvalue weighted by atomic mass is 10.0. The van der Waals surface area contributed by atoms with Crippen molar-refractivity contribution in [1.29, 1.82) is 0 Å². The molecule has 0 fully saturated rings. The fraction of sp³-hybridized carbons (Fsp3) is 0.200. The third-order valence-corrected chi connectivity index (χ3v) is 4.21. The Labute approximate surface area is 123 Å². The van der Waals surface area contributed by atoms with E-state index in [1.54, 1.807) is 6.20 Å². The first-order valence-electron chi connectivity index (χ1n) is 6.49. The van der Waals surface area contributed by atoms with Crippen molar-refractivity contribution in [3.63, 3.8) is 0 Å². The molecule has 21 heavy (non-hydrogen) atoms. The van der Waals surface area contributed by atoms with Crippen LogP contribution in [0, 0.1) is 0 Å². The molecule has 0 atom stereocenters. The molecule has 0 aliphatic carbocycles. The van der Waals surface area contributed by atoms with Crippen LogP contribution in [0.3, 0.4) is 0 Å². The highest BCUT2D eigenvalue weighted by molar-refractivity contribution is 7.90. The summed E-state index contributed by atoms with van der Waals surface area (Å²) in [5, 5.41) is -0.135. The maximum absolute atomic E-state index is 11.6. The second-order valence-corrected chi connectivity index (χ2v) is 7.00. The van der Waals surface area contributed by atoms with Crippen molar-refractivity contribution in [2.45, 2.75) is 5.16 Å². The first-order chi connectivity index (χ1) is 9.95. The van der Waals surface area contributed by atoms with E-state index in [1.165, 1.54) is 0 Å². The topological polar surface area (TPSA) is 63.2 Å². The molecule has 0 bridgehead atoms. The normalized spacial score (nSPS) is 14.6. The van der Waals surface area contributed by atoms with Gasteiger partial charge >= 0.3 is 0 Å². The van der Waals surface area contributed by atoms with E-state index in [1.807, 2.05) is 36.2 Å². The van der Waals surface area contributed by atoms with Gasteiger partial charge < -0.3 is 4.90 Å². The summed E-state index contributed by atoms with van der Waals surface area (Å²) in [6.45, 7) is 0.678. The molecular formula is C15H15N3O2S. The fourth-order valence-electron chi connectivity index (χ4n) is 2.34. The number of rotatable bonds is 2. The molecule has 6 heteroatoms. The van der Waals surface area contributed by atoms with Crippen molar-refractivity contribution in [3.8, 4) is 0 Å². The smallest absolute Gasteiger partial charge is 0.248 e. The van der Waals surface area contributed by atoms with Gasteiger partial charge in [0.15, 0.2) is 0 Å². The Bertz CT molecular complexity index is 814. The quantitative estimate of drug-likeness (QED) is 0.792. The summed E-state index contributed by atoms with van der Waals surface area (Å²) in [6.07, 6.45) is 4.69. The van der Waals surface area contributed by atoms with Gasteiger partial charge in [0, 0.05) is 31.6 Å². The van der Waals surface area contributed by atoms with Crippen LogP contribution in [0.4, 0.5) is 5.82 Å². The van der Waals surface area contributed by atoms with Gasteiger partial charge in [-0.1, -0.05) is 30.3 Å². The molecule has 0 spiro atoms. The van der Waals surface area contributed by atoms with Gasteiger partial charge in [-0.2, -0.15) is 0 Å². The van der Waals surface area contributed by atoms with E-state index in [0.29, 0.717) is 12.4 Å². The number of aromatic nitrogens is 2. The van der Waals surface area contributed by atoms with Crippen LogP contribution in [0.1, 0.15) is 11.1 Å². The van der Waals surface area contributed by atoms with E-state index in [4.69, 9.17) is 0 Å². The molecule has 1 aromatic carbocycles. The number of sulfone groups is 1. The Morgan fingerprint density at radius 2 is 1.90 bits per heavy atom. The van der Waals surface area contributed by atoms with Crippen molar-refractivity contribution in [3.05, 3.63) is 47.7 Å². The van der Waals surface area contributed by atoms with E-state index in [0.717, 1.165) is 23.0 Å². The molecule has 0 amide bonds. The minimum atomic E-state index is -3.39. The van der Waals surface area contributed by atoms with Crippen molar-refractivity contribution in [2.75, 3.05) is 24.7 Å². The van der Waals surface area contributed by atoms with Crippen LogP contribution < -0.4 is 4.90 Å². The van der Waals surface area contributed by atoms with Gasteiger partial charge in [-0.05, 0) is 17.2 Å². The van der Waals surface area contributed by atoms with Gasteiger partial charge in [-0.15, -0.1) is 0 Å². The van der Waals surface area contributed by atoms with Crippen LogP contribution in [0.2, 0.25) is 0 Å². The molecular weight excluding hydrogens is 286 g/mol. The molecule has 5 nitrogen and oxygen atoms in total. The summed E-state index contributed by atoms with van der Waals surface area (Å²) >= 11 is 0. The largest absolute Gasteiger partial charge is 0.355 e. The summed E-state index contributed by atoms with van der Waals surface area (Å²) in [6, 6.07) is 10.1. The summed E-state index contributed by atoms with van der Waals surface area (Å²) in [4.78, 5) is 10.1. The van der Waals surface area contributed by atoms with Crippen molar-refractivity contribution in [2.24, 2.45) is 0 Å². The van der Waals surface area contributed by atoms with Gasteiger partial charge in [0.1, 0.15) is 5.82 Å². The molecule has 1 aromatic heterocycles. The molecule has 2 heterocycles. The van der Waals surface area contributed by atoms with Gasteiger partial charge in [-0.3, -0.25) is 0 Å². The Hall–Kier alpha value is -2.21. The number of likely N-dealkylation sites (N-methyl/N-ethyl adjacent to an activating group) is 1. The zero-order valence-corrected chi connectivity index (χ0v) is 12.6. The van der Waals surface area contributed by atoms with E-state index < -0.39 is 9.84 Å². The third-order valence-electron chi connectivity index (χ3n) is 3.35. The maximum atomic E-state index is 11.6. The van der Waals surface area contributed by atoms with E-state index in [2.05, 4.69) is 22.1 Å². The predicted molar refractivity (Wildman–Crippen MR) is 82.7 cm³/mol. The number of benzene rings is 1. The maximum Gasteiger partial charge on any atom is 0.248 e. The standard InChI is InChI=1S/C15H15N3O2S/c1-18-10-13(11-6-4-3-5-7-11)8-12-9-16-15(17-14(12)18)21(2,19)20/h3-9H,10H2,1-2H3. The highest BCUT2D eigenvalue weighted by Crippen LogP contribution is 2.30. The highest BCUT2D eigenvalue weighted by atomic mass is 32.2. The van der Waals surface area contributed by atoms with Crippen LogP contribution in [-0.2, 0) is 9.84 Å². The first kappa shape index (κ1) is 13.8. The van der Waals surface area contributed by atoms with Crippen LogP contribution in [-0.4, -0.2) is 38.2 Å². The fourth-order valence-corrected chi connectivity index (χ4v) is 2.84. The van der Waals surface area contributed by atoms with E-state index >= 15 is 0 Å². The summed E-state index contributed by atoms with van der Waals surface area (Å²) in [5.41, 5.74) is 3.12. The minimum absolute atomic E-state index is 0.135. The van der Waals surface area contributed by atoms with Crippen molar-refractivity contribution < 1.29 is 8.42 Å². The highest BCUT2D eigenvalue weighted by Gasteiger charge is 2.21. The SMILES string of the molecule is CN1CC(c2ccccc2)=Cc2cnc(S(C)(=O)=O)nc21. The zero-order valence-electron chi connectivity index (χ0n) is 11.8. The third kappa shape index (κ3) is 2.67. The van der Waals surface area contributed by atoms with Crippen LogP contribution in [0.25, 0.3) is 11.6 Å².